The molecular weight excluding hydrogens is 392 g/mol. The van der Waals surface area contributed by atoms with Crippen molar-refractivity contribution in [1.29, 1.82) is 0 Å². The van der Waals surface area contributed by atoms with Crippen LogP contribution in [0.4, 0.5) is 0 Å². The van der Waals surface area contributed by atoms with Gasteiger partial charge in [0.05, 0.1) is 30.0 Å². The van der Waals surface area contributed by atoms with Gasteiger partial charge in [0.1, 0.15) is 5.82 Å². The lowest BCUT2D eigenvalue weighted by atomic mass is 10.2. The van der Waals surface area contributed by atoms with Gasteiger partial charge in [-0.1, -0.05) is 23.7 Å². The van der Waals surface area contributed by atoms with Crippen LogP contribution >= 0.6 is 11.6 Å². The molecule has 0 saturated heterocycles. The number of halogens is 1. The number of carbonyl (C=O) groups excluding carboxylic acids is 1. The maximum atomic E-state index is 13.2. The largest absolute Gasteiger partial charge is 0.463 e. The smallest absolute Gasteiger partial charge is 0.374 e. The van der Waals surface area contributed by atoms with Gasteiger partial charge in [0.25, 0.3) is 5.56 Å². The van der Waals surface area contributed by atoms with Crippen LogP contribution in [0.2, 0.25) is 5.02 Å². The number of para-hydroxylation sites is 1. The molecular formula is C22H15ClN2O4. The Hall–Kier alpha value is -3.64. The molecule has 0 spiro atoms. The molecule has 2 aromatic heterocycles. The number of aromatic nitrogens is 2. The first-order valence-electron chi connectivity index (χ1n) is 8.70. The van der Waals surface area contributed by atoms with Crippen molar-refractivity contribution in [2.75, 3.05) is 7.11 Å². The fourth-order valence-electron chi connectivity index (χ4n) is 2.97. The summed E-state index contributed by atoms with van der Waals surface area (Å²) in [5.74, 6) is -0.117. The summed E-state index contributed by atoms with van der Waals surface area (Å²) in [6.07, 6.45) is 4.70. The summed E-state index contributed by atoms with van der Waals surface area (Å²) in [5, 5.41) is 1.06. The third kappa shape index (κ3) is 3.58. The molecule has 0 amide bonds. The van der Waals surface area contributed by atoms with Crippen molar-refractivity contribution in [3.8, 4) is 5.69 Å². The molecule has 0 aliphatic heterocycles. The van der Waals surface area contributed by atoms with Gasteiger partial charge >= 0.3 is 5.97 Å². The van der Waals surface area contributed by atoms with Crippen LogP contribution in [0.1, 0.15) is 21.9 Å². The molecule has 0 saturated carbocycles. The number of carbonyl (C=O) groups is 1. The minimum absolute atomic E-state index is 0.0740. The first-order valence-corrected chi connectivity index (χ1v) is 9.08. The Morgan fingerprint density at radius 3 is 2.62 bits per heavy atom. The van der Waals surface area contributed by atoms with Crippen LogP contribution in [-0.2, 0) is 4.74 Å². The van der Waals surface area contributed by atoms with Gasteiger partial charge in [0, 0.05) is 10.6 Å². The van der Waals surface area contributed by atoms with E-state index >= 15 is 0 Å². The Morgan fingerprint density at radius 1 is 1.10 bits per heavy atom. The van der Waals surface area contributed by atoms with E-state index in [-0.39, 0.29) is 11.3 Å². The van der Waals surface area contributed by atoms with Crippen LogP contribution in [0.3, 0.4) is 0 Å². The highest BCUT2D eigenvalue weighted by Gasteiger charge is 2.15. The average Bonchev–Trinajstić information content (AvgIpc) is 3.21. The zero-order valence-electron chi connectivity index (χ0n) is 15.3. The van der Waals surface area contributed by atoms with Crippen molar-refractivity contribution < 1.29 is 13.9 Å². The number of benzene rings is 2. The van der Waals surface area contributed by atoms with Gasteiger partial charge in [-0.25, -0.2) is 9.78 Å². The fourth-order valence-corrected chi connectivity index (χ4v) is 3.10. The lowest BCUT2D eigenvalue weighted by Crippen LogP contribution is -2.22. The summed E-state index contributed by atoms with van der Waals surface area (Å²) in [4.78, 5) is 29.6. The molecule has 4 rings (SSSR count). The molecule has 2 aromatic carbocycles. The Balaban J connectivity index is 1.90. The molecule has 144 valence electrons. The third-order valence-corrected chi connectivity index (χ3v) is 4.62. The predicted octanol–water partition coefficient (Wildman–Crippen LogP) is 4.59. The number of furan rings is 1. The van der Waals surface area contributed by atoms with Crippen LogP contribution in [-0.4, -0.2) is 22.6 Å². The van der Waals surface area contributed by atoms with E-state index in [2.05, 4.69) is 4.98 Å². The van der Waals surface area contributed by atoms with Crippen LogP contribution < -0.4 is 5.56 Å². The monoisotopic (exact) mass is 406 g/mol. The molecule has 2 heterocycles. The van der Waals surface area contributed by atoms with Gasteiger partial charge in [-0.2, -0.15) is 0 Å². The van der Waals surface area contributed by atoms with Crippen LogP contribution in [0.15, 0.2) is 70.1 Å². The van der Waals surface area contributed by atoms with E-state index in [1.54, 1.807) is 60.7 Å². The third-order valence-electron chi connectivity index (χ3n) is 4.36. The van der Waals surface area contributed by atoms with Crippen LogP contribution in [0.5, 0.6) is 0 Å². The standard InChI is InChI=1S/C22H15ClN2O4/c1-28-22(27)20-14(12-13-29-20)6-11-19-24-18-5-3-2-4-17(18)21(26)25(19)16-9-7-15(23)8-10-16/h2-13H,1H3/b11-6+. The van der Waals surface area contributed by atoms with Gasteiger partial charge in [-0.05, 0) is 54.6 Å². The molecule has 0 bridgehead atoms. The molecule has 0 aliphatic rings. The van der Waals surface area contributed by atoms with E-state index in [0.29, 0.717) is 33.0 Å². The summed E-state index contributed by atoms with van der Waals surface area (Å²) in [7, 11) is 1.28. The zero-order chi connectivity index (χ0) is 20.4. The Labute approximate surface area is 170 Å². The number of hydrogen-bond donors (Lipinski definition) is 0. The molecule has 29 heavy (non-hydrogen) atoms. The van der Waals surface area contributed by atoms with Crippen LogP contribution in [0.25, 0.3) is 28.7 Å². The molecule has 0 unspecified atom stereocenters. The van der Waals surface area contributed by atoms with Crippen molar-refractivity contribution in [3.05, 3.63) is 93.4 Å². The van der Waals surface area contributed by atoms with Crippen molar-refractivity contribution in [3.63, 3.8) is 0 Å². The van der Waals surface area contributed by atoms with Gasteiger partial charge in [0.2, 0.25) is 5.76 Å². The maximum absolute atomic E-state index is 13.2. The number of hydrogen-bond acceptors (Lipinski definition) is 5. The number of nitrogens with zero attached hydrogens (tertiary/aromatic N) is 2. The SMILES string of the molecule is COC(=O)c1occc1/C=C/c1nc2ccccc2c(=O)n1-c1ccc(Cl)cc1. The molecule has 4 aromatic rings. The van der Waals surface area contributed by atoms with Gasteiger partial charge in [-0.15, -0.1) is 0 Å². The first kappa shape index (κ1) is 18.7. The van der Waals surface area contributed by atoms with Gasteiger partial charge in [-0.3, -0.25) is 9.36 Å². The lowest BCUT2D eigenvalue weighted by molar-refractivity contribution is 0.0565. The minimum atomic E-state index is -0.587. The molecule has 7 heteroatoms. The molecule has 0 atom stereocenters. The Morgan fingerprint density at radius 2 is 1.86 bits per heavy atom. The van der Waals surface area contributed by atoms with E-state index in [9.17, 15) is 9.59 Å². The lowest BCUT2D eigenvalue weighted by Gasteiger charge is -2.11. The second-order valence-corrected chi connectivity index (χ2v) is 6.57. The summed E-state index contributed by atoms with van der Waals surface area (Å²) in [5.41, 5.74) is 1.50. The number of fused-ring (bicyclic) bond motifs is 1. The van der Waals surface area contributed by atoms with Crippen molar-refractivity contribution in [2.45, 2.75) is 0 Å². The number of esters is 1. The predicted molar refractivity (Wildman–Crippen MR) is 111 cm³/mol. The molecule has 0 N–H and O–H groups in total. The first-order chi connectivity index (χ1) is 14.1. The van der Waals surface area contributed by atoms with Crippen molar-refractivity contribution in [2.24, 2.45) is 0 Å². The highest BCUT2D eigenvalue weighted by Crippen LogP contribution is 2.19. The van der Waals surface area contributed by atoms with Crippen molar-refractivity contribution in [1.82, 2.24) is 9.55 Å². The second kappa shape index (κ2) is 7.77. The summed E-state index contributed by atoms with van der Waals surface area (Å²) in [6.45, 7) is 0. The van der Waals surface area contributed by atoms with E-state index < -0.39 is 5.97 Å². The Kier molecular flexibility index (Phi) is 5.01. The second-order valence-electron chi connectivity index (χ2n) is 6.13. The van der Waals surface area contributed by atoms with Crippen LogP contribution in [0, 0.1) is 0 Å². The zero-order valence-corrected chi connectivity index (χ0v) is 16.1. The quantitative estimate of drug-likeness (QED) is 0.463. The number of rotatable bonds is 4. The van der Waals surface area contributed by atoms with Crippen molar-refractivity contribution >= 4 is 40.6 Å². The highest BCUT2D eigenvalue weighted by molar-refractivity contribution is 6.30. The maximum Gasteiger partial charge on any atom is 0.374 e. The van der Waals surface area contributed by atoms with Gasteiger partial charge in [0.15, 0.2) is 0 Å². The average molecular weight is 407 g/mol. The topological polar surface area (TPSA) is 74.3 Å². The molecule has 0 aliphatic carbocycles. The molecule has 0 fully saturated rings. The number of methoxy groups -OCH3 is 1. The Bertz CT molecular complexity index is 1290. The number of ether oxygens (including phenoxy) is 1. The summed E-state index contributed by atoms with van der Waals surface area (Å²) < 4.78 is 11.4. The van der Waals surface area contributed by atoms with Gasteiger partial charge < -0.3 is 9.15 Å². The summed E-state index contributed by atoms with van der Waals surface area (Å²) in [6, 6.07) is 15.7. The fraction of sp³-hybridized carbons (Fsp3) is 0.0455. The minimum Gasteiger partial charge on any atom is -0.463 e. The highest BCUT2D eigenvalue weighted by atomic mass is 35.5. The molecule has 0 radical (unpaired) electrons. The van der Waals surface area contributed by atoms with E-state index in [1.807, 2.05) is 6.07 Å². The van der Waals surface area contributed by atoms with E-state index in [4.69, 9.17) is 20.8 Å². The molecule has 6 nitrogen and oxygen atoms in total. The van der Waals surface area contributed by atoms with E-state index in [0.717, 1.165) is 0 Å². The normalized spacial score (nSPS) is 11.2. The van der Waals surface area contributed by atoms with E-state index in [1.165, 1.54) is 17.9 Å². The summed E-state index contributed by atoms with van der Waals surface area (Å²) >= 11 is 5.99.